The van der Waals surface area contributed by atoms with Crippen molar-refractivity contribution in [2.45, 2.75) is 13.1 Å². The third-order valence-corrected chi connectivity index (χ3v) is 1.91. The van der Waals surface area contributed by atoms with Crippen molar-refractivity contribution >= 4 is 17.8 Å². The molecule has 0 aliphatic heterocycles. The zero-order valence-electron chi connectivity index (χ0n) is 9.14. The SMILES string of the molecule is CC(=O)NC(NC(=O)c1ccccc1)C(=O)O. The second-order valence-electron chi connectivity index (χ2n) is 3.31. The van der Waals surface area contributed by atoms with Crippen molar-refractivity contribution in [2.75, 3.05) is 0 Å². The van der Waals surface area contributed by atoms with Gasteiger partial charge in [0.2, 0.25) is 12.1 Å². The first-order valence-corrected chi connectivity index (χ1v) is 4.86. The summed E-state index contributed by atoms with van der Waals surface area (Å²) >= 11 is 0. The van der Waals surface area contributed by atoms with Crippen LogP contribution in [0.2, 0.25) is 0 Å². The molecule has 0 heterocycles. The first-order chi connectivity index (χ1) is 8.00. The zero-order valence-corrected chi connectivity index (χ0v) is 9.14. The number of nitrogens with one attached hydrogen (secondary N) is 2. The van der Waals surface area contributed by atoms with Gasteiger partial charge in [-0.25, -0.2) is 4.79 Å². The largest absolute Gasteiger partial charge is 0.478 e. The maximum absolute atomic E-state index is 11.6. The van der Waals surface area contributed by atoms with Gasteiger partial charge in [0.1, 0.15) is 0 Å². The van der Waals surface area contributed by atoms with Crippen molar-refractivity contribution in [1.82, 2.24) is 10.6 Å². The lowest BCUT2D eigenvalue weighted by molar-refractivity contribution is -0.142. The van der Waals surface area contributed by atoms with E-state index in [2.05, 4.69) is 10.6 Å². The summed E-state index contributed by atoms with van der Waals surface area (Å²) in [7, 11) is 0. The van der Waals surface area contributed by atoms with E-state index < -0.39 is 23.9 Å². The lowest BCUT2D eigenvalue weighted by atomic mass is 10.2. The van der Waals surface area contributed by atoms with Gasteiger partial charge in [-0.1, -0.05) is 18.2 Å². The minimum absolute atomic E-state index is 0.323. The summed E-state index contributed by atoms with van der Waals surface area (Å²) in [4.78, 5) is 33.1. The third kappa shape index (κ3) is 3.94. The number of carbonyl (C=O) groups is 3. The monoisotopic (exact) mass is 236 g/mol. The Morgan fingerprint density at radius 1 is 1.12 bits per heavy atom. The van der Waals surface area contributed by atoms with Crippen molar-refractivity contribution < 1.29 is 19.5 Å². The van der Waals surface area contributed by atoms with E-state index in [9.17, 15) is 14.4 Å². The molecule has 1 atom stereocenters. The number of hydrogen-bond acceptors (Lipinski definition) is 3. The number of rotatable bonds is 4. The summed E-state index contributed by atoms with van der Waals surface area (Å²) in [5.41, 5.74) is 0.323. The molecule has 0 radical (unpaired) electrons. The molecule has 3 N–H and O–H groups in total. The van der Waals surface area contributed by atoms with Crippen molar-refractivity contribution in [1.29, 1.82) is 0 Å². The average Bonchev–Trinajstić information content (AvgIpc) is 2.28. The molecule has 1 aromatic carbocycles. The molecule has 1 aromatic rings. The van der Waals surface area contributed by atoms with Gasteiger partial charge >= 0.3 is 5.97 Å². The second kappa shape index (κ2) is 5.64. The summed E-state index contributed by atoms with van der Waals surface area (Å²) < 4.78 is 0. The fourth-order valence-corrected chi connectivity index (χ4v) is 1.17. The van der Waals surface area contributed by atoms with Crippen molar-refractivity contribution in [3.63, 3.8) is 0 Å². The molecule has 1 rings (SSSR count). The maximum Gasteiger partial charge on any atom is 0.347 e. The Morgan fingerprint density at radius 3 is 2.18 bits per heavy atom. The molecule has 0 fully saturated rings. The smallest absolute Gasteiger partial charge is 0.347 e. The Labute approximate surface area is 97.6 Å². The quantitative estimate of drug-likeness (QED) is 0.639. The highest BCUT2D eigenvalue weighted by atomic mass is 16.4. The van der Waals surface area contributed by atoms with Crippen LogP contribution in [0.25, 0.3) is 0 Å². The molecule has 6 heteroatoms. The van der Waals surface area contributed by atoms with Gasteiger partial charge in [0.15, 0.2) is 0 Å². The first kappa shape index (κ1) is 12.7. The summed E-state index contributed by atoms with van der Waals surface area (Å²) in [6.07, 6.45) is -1.43. The van der Waals surface area contributed by atoms with Crippen LogP contribution < -0.4 is 10.6 Å². The predicted octanol–water partition coefficient (Wildman–Crippen LogP) is -0.0368. The molecular weight excluding hydrogens is 224 g/mol. The Morgan fingerprint density at radius 2 is 1.71 bits per heavy atom. The second-order valence-corrected chi connectivity index (χ2v) is 3.31. The van der Waals surface area contributed by atoms with Crippen LogP contribution in [0.15, 0.2) is 30.3 Å². The van der Waals surface area contributed by atoms with Crippen LogP contribution in [-0.2, 0) is 9.59 Å². The highest BCUT2D eigenvalue weighted by molar-refractivity contribution is 5.97. The van der Waals surface area contributed by atoms with Gasteiger partial charge < -0.3 is 15.7 Å². The van der Waals surface area contributed by atoms with E-state index >= 15 is 0 Å². The molecule has 0 bridgehead atoms. The average molecular weight is 236 g/mol. The van der Waals surface area contributed by atoms with Gasteiger partial charge in [-0.2, -0.15) is 0 Å². The molecule has 0 spiro atoms. The predicted molar refractivity (Wildman–Crippen MR) is 59.1 cm³/mol. The molecular formula is C11H12N2O4. The van der Waals surface area contributed by atoms with Gasteiger partial charge in [-0.3, -0.25) is 9.59 Å². The summed E-state index contributed by atoms with van der Waals surface area (Å²) in [6, 6.07) is 8.13. The Balaban J connectivity index is 2.71. The van der Waals surface area contributed by atoms with Gasteiger partial charge in [-0.05, 0) is 12.1 Å². The zero-order chi connectivity index (χ0) is 12.8. The maximum atomic E-state index is 11.6. The number of carboxylic acids is 1. The molecule has 17 heavy (non-hydrogen) atoms. The fraction of sp³-hybridized carbons (Fsp3) is 0.182. The number of hydrogen-bond donors (Lipinski definition) is 3. The van der Waals surface area contributed by atoms with E-state index in [1.165, 1.54) is 6.92 Å². The van der Waals surface area contributed by atoms with Crippen LogP contribution in [0.4, 0.5) is 0 Å². The lowest BCUT2D eigenvalue weighted by Gasteiger charge is -2.14. The summed E-state index contributed by atoms with van der Waals surface area (Å²) in [6.45, 7) is 1.17. The van der Waals surface area contributed by atoms with Crippen LogP contribution in [0, 0.1) is 0 Å². The normalized spacial score (nSPS) is 11.4. The topological polar surface area (TPSA) is 95.5 Å². The molecule has 6 nitrogen and oxygen atoms in total. The molecule has 2 amide bonds. The van der Waals surface area contributed by atoms with Crippen LogP contribution in [0.1, 0.15) is 17.3 Å². The first-order valence-electron chi connectivity index (χ1n) is 4.86. The molecule has 0 aromatic heterocycles. The van der Waals surface area contributed by atoms with E-state index in [1.807, 2.05) is 0 Å². The molecule has 90 valence electrons. The molecule has 0 saturated heterocycles. The third-order valence-electron chi connectivity index (χ3n) is 1.91. The Bertz CT molecular complexity index is 430. The highest BCUT2D eigenvalue weighted by Crippen LogP contribution is 1.98. The fourth-order valence-electron chi connectivity index (χ4n) is 1.17. The standard InChI is InChI=1S/C11H12N2O4/c1-7(14)12-9(11(16)17)13-10(15)8-5-3-2-4-6-8/h2-6,9H,1H3,(H,12,14)(H,13,15)(H,16,17). The van der Waals surface area contributed by atoms with Crippen molar-refractivity contribution in [2.24, 2.45) is 0 Å². The van der Waals surface area contributed by atoms with E-state index in [-0.39, 0.29) is 0 Å². The van der Waals surface area contributed by atoms with Gasteiger partial charge in [0, 0.05) is 12.5 Å². The number of carbonyl (C=O) groups excluding carboxylic acids is 2. The van der Waals surface area contributed by atoms with E-state index in [0.29, 0.717) is 5.56 Å². The lowest BCUT2D eigenvalue weighted by Crippen LogP contribution is -2.52. The number of amides is 2. The summed E-state index contributed by atoms with van der Waals surface area (Å²) in [5.74, 6) is -2.43. The van der Waals surface area contributed by atoms with Gasteiger partial charge in [-0.15, -0.1) is 0 Å². The number of carboxylic acid groups (broad SMARTS) is 1. The Kier molecular flexibility index (Phi) is 4.21. The van der Waals surface area contributed by atoms with Crippen molar-refractivity contribution in [3.05, 3.63) is 35.9 Å². The van der Waals surface area contributed by atoms with Crippen LogP contribution in [0.5, 0.6) is 0 Å². The highest BCUT2D eigenvalue weighted by Gasteiger charge is 2.20. The molecule has 0 aliphatic carbocycles. The van der Waals surface area contributed by atoms with Gasteiger partial charge in [0.25, 0.3) is 5.91 Å². The van der Waals surface area contributed by atoms with Crippen LogP contribution in [-0.4, -0.2) is 29.1 Å². The van der Waals surface area contributed by atoms with E-state index in [0.717, 1.165) is 0 Å². The van der Waals surface area contributed by atoms with E-state index in [1.54, 1.807) is 30.3 Å². The Hall–Kier alpha value is -2.37. The number of aliphatic carboxylic acids is 1. The van der Waals surface area contributed by atoms with Crippen LogP contribution in [0.3, 0.4) is 0 Å². The van der Waals surface area contributed by atoms with Crippen molar-refractivity contribution in [3.8, 4) is 0 Å². The van der Waals surface area contributed by atoms with E-state index in [4.69, 9.17) is 5.11 Å². The minimum atomic E-state index is -1.43. The minimum Gasteiger partial charge on any atom is -0.478 e. The molecule has 0 aliphatic rings. The number of benzene rings is 1. The van der Waals surface area contributed by atoms with Gasteiger partial charge in [0.05, 0.1) is 0 Å². The van der Waals surface area contributed by atoms with Crippen LogP contribution >= 0.6 is 0 Å². The summed E-state index contributed by atoms with van der Waals surface area (Å²) in [5, 5.41) is 13.1. The molecule has 0 saturated carbocycles. The molecule has 1 unspecified atom stereocenters.